The zero-order valence-electron chi connectivity index (χ0n) is 15.0. The molecular weight excluding hydrogens is 312 g/mol. The minimum Gasteiger partial charge on any atom is -0.348 e. The molecule has 1 heterocycles. The molecular formula is C20H24N4O. The van der Waals surface area contributed by atoms with Gasteiger partial charge < -0.3 is 5.32 Å². The predicted molar refractivity (Wildman–Crippen MR) is 96.1 cm³/mol. The summed E-state index contributed by atoms with van der Waals surface area (Å²) in [4.78, 5) is 12.6. The first kappa shape index (κ1) is 17.2. The molecule has 1 atom stereocenters. The predicted octanol–water partition coefficient (Wildman–Crippen LogP) is 3.75. The molecule has 1 aromatic carbocycles. The smallest absolute Gasteiger partial charge is 0.240 e. The molecule has 0 spiro atoms. The van der Waals surface area contributed by atoms with Crippen molar-refractivity contribution < 1.29 is 4.79 Å². The molecule has 1 amide bonds. The minimum absolute atomic E-state index is 0.132. The number of aryl methyl sites for hydroxylation is 2. The molecule has 0 bridgehead atoms. The summed E-state index contributed by atoms with van der Waals surface area (Å²) in [7, 11) is 0. The number of rotatable bonds is 4. The highest BCUT2D eigenvalue weighted by molar-refractivity contribution is 5.86. The zero-order valence-corrected chi connectivity index (χ0v) is 15.0. The topological polar surface area (TPSA) is 70.7 Å². The van der Waals surface area contributed by atoms with Crippen molar-refractivity contribution in [1.29, 1.82) is 5.26 Å². The van der Waals surface area contributed by atoms with E-state index >= 15 is 0 Å². The Morgan fingerprint density at radius 2 is 1.92 bits per heavy atom. The average Bonchev–Trinajstić information content (AvgIpc) is 3.22. The summed E-state index contributed by atoms with van der Waals surface area (Å²) in [6, 6.07) is 12.2. The van der Waals surface area contributed by atoms with Crippen molar-refractivity contribution in [3.63, 3.8) is 0 Å². The van der Waals surface area contributed by atoms with Crippen LogP contribution in [0.3, 0.4) is 0 Å². The normalized spacial score (nSPS) is 17.0. The Morgan fingerprint density at radius 3 is 2.44 bits per heavy atom. The van der Waals surface area contributed by atoms with Crippen LogP contribution in [-0.2, 0) is 4.79 Å². The fraction of sp³-hybridized carbons (Fsp3) is 0.450. The molecule has 5 nitrogen and oxygen atoms in total. The van der Waals surface area contributed by atoms with E-state index in [2.05, 4.69) is 16.5 Å². The number of carbonyl (C=O) groups is 1. The van der Waals surface area contributed by atoms with Crippen molar-refractivity contribution in [3.8, 4) is 11.8 Å². The van der Waals surface area contributed by atoms with E-state index in [-0.39, 0.29) is 11.9 Å². The van der Waals surface area contributed by atoms with E-state index in [1.165, 1.54) is 0 Å². The largest absolute Gasteiger partial charge is 0.348 e. The molecule has 0 unspecified atom stereocenters. The van der Waals surface area contributed by atoms with Gasteiger partial charge in [0.15, 0.2) is 0 Å². The Morgan fingerprint density at radius 1 is 1.28 bits per heavy atom. The van der Waals surface area contributed by atoms with Crippen molar-refractivity contribution >= 4 is 5.91 Å². The highest BCUT2D eigenvalue weighted by Crippen LogP contribution is 2.38. The maximum absolute atomic E-state index is 12.6. The van der Waals surface area contributed by atoms with Crippen molar-refractivity contribution in [1.82, 2.24) is 15.1 Å². The Labute approximate surface area is 148 Å². The second-order valence-electron chi connectivity index (χ2n) is 7.03. The number of hydrogen-bond acceptors (Lipinski definition) is 3. The first-order chi connectivity index (χ1) is 11.9. The standard InChI is InChI=1S/C20H24N4O/c1-14-12-15(2)24(23-14)18-8-6-17(7-9-18)16(3)22-19(25)20(13-21)10-4-5-11-20/h6-9,12,16H,4-5,10-11H2,1-3H3,(H,22,25)/t16-/m0/s1. The maximum Gasteiger partial charge on any atom is 0.240 e. The zero-order chi connectivity index (χ0) is 18.0. The van der Waals surface area contributed by atoms with E-state index in [0.717, 1.165) is 35.5 Å². The molecule has 130 valence electrons. The number of nitrogens with zero attached hydrogens (tertiary/aromatic N) is 3. The van der Waals surface area contributed by atoms with Gasteiger partial charge in [-0.1, -0.05) is 25.0 Å². The molecule has 1 saturated carbocycles. The van der Waals surface area contributed by atoms with Crippen LogP contribution in [0.15, 0.2) is 30.3 Å². The van der Waals surface area contributed by atoms with Crippen LogP contribution in [0, 0.1) is 30.6 Å². The van der Waals surface area contributed by atoms with Gasteiger partial charge in [-0.2, -0.15) is 10.4 Å². The van der Waals surface area contributed by atoms with Crippen LogP contribution >= 0.6 is 0 Å². The number of nitriles is 1. The highest BCUT2D eigenvalue weighted by atomic mass is 16.2. The van der Waals surface area contributed by atoms with Gasteiger partial charge in [-0.15, -0.1) is 0 Å². The van der Waals surface area contributed by atoms with Crippen LogP contribution in [0.1, 0.15) is 55.6 Å². The van der Waals surface area contributed by atoms with Gasteiger partial charge in [-0.3, -0.25) is 4.79 Å². The van der Waals surface area contributed by atoms with Gasteiger partial charge >= 0.3 is 0 Å². The molecule has 3 rings (SSSR count). The second kappa shape index (κ2) is 6.72. The summed E-state index contributed by atoms with van der Waals surface area (Å²) in [5.41, 5.74) is 3.25. The van der Waals surface area contributed by atoms with Gasteiger partial charge in [-0.25, -0.2) is 4.68 Å². The third kappa shape index (κ3) is 3.30. The molecule has 5 heteroatoms. The summed E-state index contributed by atoms with van der Waals surface area (Å²) in [6.45, 7) is 5.96. The van der Waals surface area contributed by atoms with Gasteiger partial charge in [0, 0.05) is 5.69 Å². The van der Waals surface area contributed by atoms with Crippen LogP contribution < -0.4 is 5.32 Å². The summed E-state index contributed by atoms with van der Waals surface area (Å²) in [6.07, 6.45) is 3.23. The monoisotopic (exact) mass is 336 g/mol. The fourth-order valence-electron chi connectivity index (χ4n) is 3.58. The molecule has 2 aromatic rings. The van der Waals surface area contributed by atoms with Crippen LogP contribution in [0.5, 0.6) is 0 Å². The van der Waals surface area contributed by atoms with Crippen molar-refractivity contribution in [2.75, 3.05) is 0 Å². The number of amides is 1. The summed E-state index contributed by atoms with van der Waals surface area (Å²) in [5.74, 6) is -0.136. The molecule has 1 fully saturated rings. The molecule has 1 aliphatic rings. The molecule has 1 N–H and O–H groups in total. The van der Waals surface area contributed by atoms with Gasteiger partial charge in [0.05, 0.1) is 23.5 Å². The average molecular weight is 336 g/mol. The van der Waals surface area contributed by atoms with E-state index in [4.69, 9.17) is 0 Å². The summed E-state index contributed by atoms with van der Waals surface area (Å²) in [5, 5.41) is 16.9. The van der Waals surface area contributed by atoms with E-state index in [1.54, 1.807) is 0 Å². The third-order valence-electron chi connectivity index (χ3n) is 5.10. The SMILES string of the molecule is Cc1cc(C)n(-c2ccc([C@H](C)NC(=O)C3(C#N)CCCC3)cc2)n1. The minimum atomic E-state index is -0.835. The molecule has 1 aliphatic carbocycles. The quantitative estimate of drug-likeness (QED) is 0.924. The third-order valence-corrected chi connectivity index (χ3v) is 5.10. The van der Waals surface area contributed by atoms with Crippen LogP contribution in [0.25, 0.3) is 5.69 Å². The highest BCUT2D eigenvalue weighted by Gasteiger charge is 2.41. The number of hydrogen-bond donors (Lipinski definition) is 1. The van der Waals surface area contributed by atoms with E-state index in [0.29, 0.717) is 12.8 Å². The number of carbonyl (C=O) groups excluding carboxylic acids is 1. The molecule has 25 heavy (non-hydrogen) atoms. The fourth-order valence-corrected chi connectivity index (χ4v) is 3.58. The lowest BCUT2D eigenvalue weighted by Gasteiger charge is -2.23. The van der Waals surface area contributed by atoms with Crippen molar-refractivity contribution in [2.45, 2.75) is 52.5 Å². The number of nitrogens with one attached hydrogen (secondary N) is 1. The van der Waals surface area contributed by atoms with Crippen molar-refractivity contribution in [3.05, 3.63) is 47.3 Å². The lowest BCUT2D eigenvalue weighted by Crippen LogP contribution is -2.39. The molecule has 1 aromatic heterocycles. The van der Waals surface area contributed by atoms with Crippen LogP contribution in [-0.4, -0.2) is 15.7 Å². The van der Waals surface area contributed by atoms with Crippen LogP contribution in [0.4, 0.5) is 0 Å². The van der Waals surface area contributed by atoms with E-state index in [9.17, 15) is 10.1 Å². The molecule has 0 aliphatic heterocycles. The second-order valence-corrected chi connectivity index (χ2v) is 7.03. The van der Waals surface area contributed by atoms with Gasteiger partial charge in [0.2, 0.25) is 5.91 Å². The Kier molecular flexibility index (Phi) is 4.63. The van der Waals surface area contributed by atoms with Gasteiger partial charge in [-0.05, 0) is 57.4 Å². The molecule has 0 radical (unpaired) electrons. The van der Waals surface area contributed by atoms with E-state index in [1.807, 2.05) is 55.8 Å². The van der Waals surface area contributed by atoms with Crippen molar-refractivity contribution in [2.24, 2.45) is 5.41 Å². The lowest BCUT2D eigenvalue weighted by atomic mass is 9.86. The Hall–Kier alpha value is -2.61. The Bertz CT molecular complexity index is 807. The Balaban J connectivity index is 1.73. The van der Waals surface area contributed by atoms with Gasteiger partial charge in [0.25, 0.3) is 0 Å². The number of benzene rings is 1. The van der Waals surface area contributed by atoms with Crippen LogP contribution in [0.2, 0.25) is 0 Å². The first-order valence-corrected chi connectivity index (χ1v) is 8.81. The van der Waals surface area contributed by atoms with Gasteiger partial charge in [0.1, 0.15) is 5.41 Å². The summed E-state index contributed by atoms with van der Waals surface area (Å²) < 4.78 is 1.91. The summed E-state index contributed by atoms with van der Waals surface area (Å²) >= 11 is 0. The maximum atomic E-state index is 12.6. The lowest BCUT2D eigenvalue weighted by molar-refractivity contribution is -0.128. The first-order valence-electron chi connectivity index (χ1n) is 8.81. The number of aromatic nitrogens is 2. The van der Waals surface area contributed by atoms with E-state index < -0.39 is 5.41 Å². The molecule has 0 saturated heterocycles.